The molecule has 3 N–H and O–H groups in total. The molecule has 0 saturated carbocycles. The molecule has 2 aromatic carbocycles. The molecule has 0 bridgehead atoms. The van der Waals surface area contributed by atoms with Crippen molar-refractivity contribution in [3.8, 4) is 0 Å². The van der Waals surface area contributed by atoms with E-state index < -0.39 is 0 Å². The van der Waals surface area contributed by atoms with Gasteiger partial charge in [-0.1, -0.05) is 49.4 Å². The monoisotopic (exact) mass is 463 g/mol. The Morgan fingerprint density at radius 3 is 2.63 bits per heavy atom. The number of benzene rings is 2. The standard InChI is InChI=1S/C28H29N7/c1-4-26-30-27-17(2)13-18(3)29-28(27)35(26)16-19-9-12-23-21(14-19)11-10-20-7-5-6-8-22(20)24(23)15-25-31-33-34-32-25/h5-9,12-15,33-34H,4,10-11,16H2,1-3H3,(H,31,32)/b24-15+. The summed E-state index contributed by atoms with van der Waals surface area (Å²) in [6.07, 6.45) is 4.99. The van der Waals surface area contributed by atoms with Crippen molar-refractivity contribution in [2.75, 3.05) is 0 Å². The van der Waals surface area contributed by atoms with Crippen molar-refractivity contribution in [1.82, 2.24) is 31.0 Å². The van der Waals surface area contributed by atoms with E-state index >= 15 is 0 Å². The lowest BCUT2D eigenvalue weighted by Gasteiger charge is -2.14. The number of nitrogens with zero attached hydrogens (tertiary/aromatic N) is 4. The Hall–Kier alpha value is -3.97. The summed E-state index contributed by atoms with van der Waals surface area (Å²) in [7, 11) is 0. The van der Waals surface area contributed by atoms with Crippen LogP contribution in [0.2, 0.25) is 0 Å². The normalized spacial score (nSPS) is 15.9. The van der Waals surface area contributed by atoms with Crippen LogP contribution < -0.4 is 16.5 Å². The third-order valence-electron chi connectivity index (χ3n) is 6.89. The van der Waals surface area contributed by atoms with Crippen molar-refractivity contribution in [2.45, 2.75) is 46.6 Å². The van der Waals surface area contributed by atoms with Crippen LogP contribution in [-0.2, 0) is 25.8 Å². The topological polar surface area (TPSA) is 79.2 Å². The highest BCUT2D eigenvalue weighted by atomic mass is 15.8. The summed E-state index contributed by atoms with van der Waals surface area (Å²) in [5.74, 6) is 1.84. The number of amidine groups is 1. The summed E-state index contributed by atoms with van der Waals surface area (Å²) in [6.45, 7) is 7.10. The molecule has 0 unspecified atom stereocenters. The number of imidazole rings is 1. The van der Waals surface area contributed by atoms with Crippen molar-refractivity contribution < 1.29 is 0 Å². The number of hydrazone groups is 1. The molecule has 0 amide bonds. The van der Waals surface area contributed by atoms with Crippen LogP contribution in [0, 0.1) is 13.8 Å². The minimum atomic E-state index is 0.761. The van der Waals surface area contributed by atoms with Crippen molar-refractivity contribution in [3.05, 3.63) is 99.5 Å². The van der Waals surface area contributed by atoms with Gasteiger partial charge in [-0.25, -0.2) is 15.5 Å². The molecule has 1 aliphatic heterocycles. The van der Waals surface area contributed by atoms with E-state index in [-0.39, 0.29) is 0 Å². The van der Waals surface area contributed by atoms with Crippen LogP contribution >= 0.6 is 0 Å². The van der Waals surface area contributed by atoms with Crippen LogP contribution in [0.1, 0.15) is 51.8 Å². The lowest BCUT2D eigenvalue weighted by molar-refractivity contribution is 0.577. The van der Waals surface area contributed by atoms with Gasteiger partial charge >= 0.3 is 0 Å². The SMILES string of the molecule is CCc1nc2c(C)cc(C)nc2n1Cc1ccc2c(c1)CCc1ccccc1/C2=C\C1=NNNN1. The number of hydrazine groups is 2. The number of rotatable bonds is 4. The Morgan fingerprint density at radius 2 is 1.80 bits per heavy atom. The second-order valence-electron chi connectivity index (χ2n) is 9.29. The van der Waals surface area contributed by atoms with Crippen LogP contribution in [0.15, 0.2) is 59.7 Å². The fraction of sp³-hybridized carbons (Fsp3) is 0.250. The maximum Gasteiger partial charge on any atom is 0.163 e. The Morgan fingerprint density at radius 1 is 0.971 bits per heavy atom. The molecule has 3 heterocycles. The Balaban J connectivity index is 1.44. The predicted molar refractivity (Wildman–Crippen MR) is 140 cm³/mol. The van der Waals surface area contributed by atoms with Crippen LogP contribution in [0.25, 0.3) is 16.7 Å². The predicted octanol–water partition coefficient (Wildman–Crippen LogP) is 4.12. The maximum absolute atomic E-state index is 4.93. The Bertz CT molecular complexity index is 1510. The fourth-order valence-electron chi connectivity index (χ4n) is 5.27. The van der Waals surface area contributed by atoms with Gasteiger partial charge in [-0.3, -0.25) is 5.43 Å². The lowest BCUT2D eigenvalue weighted by atomic mass is 9.92. The second kappa shape index (κ2) is 8.67. The molecular weight excluding hydrogens is 434 g/mol. The van der Waals surface area contributed by atoms with Crippen LogP contribution in [-0.4, -0.2) is 20.4 Å². The van der Waals surface area contributed by atoms with Gasteiger partial charge in [0, 0.05) is 12.1 Å². The third kappa shape index (κ3) is 3.88. The smallest absolute Gasteiger partial charge is 0.163 e. The van der Waals surface area contributed by atoms with Gasteiger partial charge in [0.05, 0.1) is 6.54 Å². The Kier molecular flexibility index (Phi) is 5.34. The molecule has 176 valence electrons. The van der Waals surface area contributed by atoms with Gasteiger partial charge in [0.15, 0.2) is 11.5 Å². The van der Waals surface area contributed by atoms with Crippen LogP contribution in [0.4, 0.5) is 0 Å². The van der Waals surface area contributed by atoms with E-state index in [1.807, 2.05) is 0 Å². The molecule has 2 aliphatic rings. The van der Waals surface area contributed by atoms with E-state index in [0.717, 1.165) is 54.3 Å². The average Bonchev–Trinajstić information content (AvgIpc) is 3.46. The highest BCUT2D eigenvalue weighted by Crippen LogP contribution is 2.34. The molecule has 7 nitrogen and oxygen atoms in total. The maximum atomic E-state index is 4.93. The number of hydrogen-bond acceptors (Lipinski definition) is 6. The van der Waals surface area contributed by atoms with Crippen LogP contribution in [0.3, 0.4) is 0 Å². The molecule has 2 aromatic heterocycles. The van der Waals surface area contributed by atoms with E-state index in [1.54, 1.807) is 0 Å². The third-order valence-corrected chi connectivity index (χ3v) is 6.89. The summed E-state index contributed by atoms with van der Waals surface area (Å²) < 4.78 is 2.29. The quantitative estimate of drug-likeness (QED) is 0.424. The highest BCUT2D eigenvalue weighted by molar-refractivity contribution is 6.03. The first-order valence-electron chi connectivity index (χ1n) is 12.2. The summed E-state index contributed by atoms with van der Waals surface area (Å²) in [6, 6.07) is 17.7. The van der Waals surface area contributed by atoms with Crippen LogP contribution in [0.5, 0.6) is 0 Å². The van der Waals surface area contributed by atoms with Crippen molar-refractivity contribution in [1.29, 1.82) is 0 Å². The molecule has 0 radical (unpaired) electrons. The number of nitrogens with one attached hydrogen (secondary N) is 3. The largest absolute Gasteiger partial charge is 0.308 e. The minimum absolute atomic E-state index is 0.761. The summed E-state index contributed by atoms with van der Waals surface area (Å²) in [5, 5.41) is 4.29. The molecule has 35 heavy (non-hydrogen) atoms. The van der Waals surface area contributed by atoms with Gasteiger partial charge < -0.3 is 4.57 Å². The minimum Gasteiger partial charge on any atom is -0.308 e. The fourth-order valence-corrected chi connectivity index (χ4v) is 5.27. The number of hydrogen-bond donors (Lipinski definition) is 3. The van der Waals surface area contributed by atoms with Crippen molar-refractivity contribution >= 4 is 22.6 Å². The van der Waals surface area contributed by atoms with E-state index in [4.69, 9.17) is 9.97 Å². The number of aryl methyl sites for hydroxylation is 5. The molecule has 4 aromatic rings. The lowest BCUT2D eigenvalue weighted by Crippen LogP contribution is -2.34. The number of aromatic nitrogens is 3. The number of fused-ring (bicyclic) bond motifs is 3. The van der Waals surface area contributed by atoms with E-state index in [2.05, 4.69) is 102 Å². The van der Waals surface area contributed by atoms with Gasteiger partial charge in [0.25, 0.3) is 0 Å². The average molecular weight is 464 g/mol. The van der Waals surface area contributed by atoms with E-state index in [0.29, 0.717) is 0 Å². The molecule has 0 fully saturated rings. The van der Waals surface area contributed by atoms with Gasteiger partial charge in [-0.05, 0) is 77.8 Å². The van der Waals surface area contributed by atoms with E-state index in [9.17, 15) is 0 Å². The zero-order valence-corrected chi connectivity index (χ0v) is 20.3. The van der Waals surface area contributed by atoms with E-state index in [1.165, 1.54) is 39.0 Å². The zero-order chi connectivity index (χ0) is 23.9. The molecule has 0 atom stereocenters. The molecule has 6 rings (SSSR count). The van der Waals surface area contributed by atoms with Crippen molar-refractivity contribution in [2.24, 2.45) is 5.10 Å². The summed E-state index contributed by atoms with van der Waals surface area (Å²) >= 11 is 0. The van der Waals surface area contributed by atoms with Crippen molar-refractivity contribution in [3.63, 3.8) is 0 Å². The molecule has 7 heteroatoms. The highest BCUT2D eigenvalue weighted by Gasteiger charge is 2.20. The van der Waals surface area contributed by atoms with Gasteiger partial charge in [0.2, 0.25) is 0 Å². The van der Waals surface area contributed by atoms with Gasteiger partial charge in [-0.2, -0.15) is 0 Å². The first-order valence-corrected chi connectivity index (χ1v) is 12.2. The molecular formula is C28H29N7. The molecule has 1 aliphatic carbocycles. The molecule has 0 spiro atoms. The zero-order valence-electron chi connectivity index (χ0n) is 20.3. The molecule has 0 saturated heterocycles. The number of pyridine rings is 1. The second-order valence-corrected chi connectivity index (χ2v) is 9.29. The first-order chi connectivity index (χ1) is 17.1. The summed E-state index contributed by atoms with van der Waals surface area (Å²) in [5.41, 5.74) is 20.5. The Labute approximate surface area is 204 Å². The summed E-state index contributed by atoms with van der Waals surface area (Å²) in [4.78, 5) is 9.79. The first kappa shape index (κ1) is 21.6. The van der Waals surface area contributed by atoms with Gasteiger partial charge in [-0.15, -0.1) is 10.6 Å². The van der Waals surface area contributed by atoms with Gasteiger partial charge in [0.1, 0.15) is 11.3 Å².